The van der Waals surface area contributed by atoms with E-state index < -0.39 is 0 Å². The molecule has 94 valence electrons. The Hall–Kier alpha value is -1.09. The molecular weight excluding hydrogens is 217 g/mol. The van der Waals surface area contributed by atoms with Gasteiger partial charge in [0.05, 0.1) is 6.61 Å². The van der Waals surface area contributed by atoms with Crippen LogP contribution in [0, 0.1) is 12.7 Å². The van der Waals surface area contributed by atoms with Gasteiger partial charge in [0.1, 0.15) is 0 Å². The number of halogens is 1. The van der Waals surface area contributed by atoms with E-state index in [2.05, 4.69) is 4.90 Å². The van der Waals surface area contributed by atoms with Crippen molar-refractivity contribution in [3.63, 3.8) is 0 Å². The molecule has 0 bridgehead atoms. The molecule has 1 aliphatic heterocycles. The number of ether oxygens (including phenoxy) is 1. The molecular formula is C14H20FNO. The second kappa shape index (κ2) is 6.01. The summed E-state index contributed by atoms with van der Waals surface area (Å²) in [4.78, 5) is 2.44. The van der Waals surface area contributed by atoms with Gasteiger partial charge in [-0.2, -0.15) is 0 Å². The van der Waals surface area contributed by atoms with Crippen LogP contribution in [0.3, 0.4) is 0 Å². The number of hydrogen-bond donors (Lipinski definition) is 0. The maximum Gasteiger partial charge on any atom is 0.165 e. The molecule has 1 heterocycles. The standard InChI is InChI=1S/C14H20FNO/c1-12-5-6-13(15)14(11-12)17-10-4-9-16-7-2-3-8-16/h5-6,11H,2-4,7-10H2,1H3. The van der Waals surface area contributed by atoms with Crippen molar-refractivity contribution in [2.24, 2.45) is 0 Å². The highest BCUT2D eigenvalue weighted by Crippen LogP contribution is 2.18. The Morgan fingerprint density at radius 2 is 2.06 bits per heavy atom. The Balaban J connectivity index is 1.72. The second-order valence-corrected chi connectivity index (χ2v) is 4.68. The highest BCUT2D eigenvalue weighted by atomic mass is 19.1. The maximum atomic E-state index is 13.4. The molecule has 0 unspecified atom stereocenters. The van der Waals surface area contributed by atoms with Crippen LogP contribution in [-0.4, -0.2) is 31.1 Å². The average Bonchev–Trinajstić information content (AvgIpc) is 2.82. The normalized spacial score (nSPS) is 16.4. The summed E-state index contributed by atoms with van der Waals surface area (Å²) in [5.74, 6) is 0.114. The van der Waals surface area contributed by atoms with Gasteiger partial charge in [-0.15, -0.1) is 0 Å². The van der Waals surface area contributed by atoms with Gasteiger partial charge in [0.2, 0.25) is 0 Å². The first kappa shape index (κ1) is 12.4. The van der Waals surface area contributed by atoms with Gasteiger partial charge in [-0.3, -0.25) is 0 Å². The molecule has 0 aromatic heterocycles. The molecule has 1 fully saturated rings. The van der Waals surface area contributed by atoms with E-state index in [0.717, 1.165) is 18.5 Å². The first-order chi connectivity index (χ1) is 8.25. The van der Waals surface area contributed by atoms with Crippen molar-refractivity contribution in [3.05, 3.63) is 29.6 Å². The molecule has 2 nitrogen and oxygen atoms in total. The predicted molar refractivity (Wildman–Crippen MR) is 66.9 cm³/mol. The van der Waals surface area contributed by atoms with Gasteiger partial charge in [-0.25, -0.2) is 4.39 Å². The lowest BCUT2D eigenvalue weighted by atomic mass is 10.2. The van der Waals surface area contributed by atoms with Crippen LogP contribution in [0.25, 0.3) is 0 Å². The lowest BCUT2D eigenvalue weighted by Gasteiger charge is -2.14. The SMILES string of the molecule is Cc1ccc(F)c(OCCCN2CCCC2)c1. The van der Waals surface area contributed by atoms with E-state index in [0.29, 0.717) is 12.4 Å². The van der Waals surface area contributed by atoms with Crippen LogP contribution in [0.4, 0.5) is 4.39 Å². The van der Waals surface area contributed by atoms with Gasteiger partial charge in [-0.05, 0) is 57.0 Å². The minimum Gasteiger partial charge on any atom is -0.490 e. The van der Waals surface area contributed by atoms with Crippen LogP contribution < -0.4 is 4.74 Å². The third-order valence-corrected chi connectivity index (χ3v) is 3.16. The highest BCUT2D eigenvalue weighted by molar-refractivity contribution is 5.29. The van der Waals surface area contributed by atoms with E-state index in [-0.39, 0.29) is 5.82 Å². The monoisotopic (exact) mass is 237 g/mol. The van der Waals surface area contributed by atoms with Gasteiger partial charge in [0, 0.05) is 6.54 Å². The molecule has 17 heavy (non-hydrogen) atoms. The van der Waals surface area contributed by atoms with Crippen LogP contribution in [0.5, 0.6) is 5.75 Å². The molecule has 0 radical (unpaired) electrons. The minimum atomic E-state index is -0.267. The number of benzene rings is 1. The number of likely N-dealkylation sites (tertiary alicyclic amines) is 1. The summed E-state index contributed by atoms with van der Waals surface area (Å²) in [6.45, 7) is 6.01. The van der Waals surface area contributed by atoms with Gasteiger partial charge in [-0.1, -0.05) is 6.07 Å². The maximum absolute atomic E-state index is 13.4. The number of nitrogens with zero attached hydrogens (tertiary/aromatic N) is 1. The molecule has 2 rings (SSSR count). The van der Waals surface area contributed by atoms with Gasteiger partial charge < -0.3 is 9.64 Å². The first-order valence-corrected chi connectivity index (χ1v) is 6.37. The lowest BCUT2D eigenvalue weighted by molar-refractivity contribution is 0.255. The van der Waals surface area contributed by atoms with Crippen LogP contribution >= 0.6 is 0 Å². The van der Waals surface area contributed by atoms with Crippen LogP contribution in [0.2, 0.25) is 0 Å². The van der Waals surface area contributed by atoms with Gasteiger partial charge in [0.15, 0.2) is 11.6 Å². The van der Waals surface area contributed by atoms with E-state index in [4.69, 9.17) is 4.74 Å². The molecule has 3 heteroatoms. The summed E-state index contributed by atoms with van der Waals surface area (Å²) in [7, 11) is 0. The second-order valence-electron chi connectivity index (χ2n) is 4.68. The topological polar surface area (TPSA) is 12.5 Å². The quantitative estimate of drug-likeness (QED) is 0.730. The zero-order chi connectivity index (χ0) is 12.1. The summed E-state index contributed by atoms with van der Waals surface area (Å²) < 4.78 is 18.8. The average molecular weight is 237 g/mol. The molecule has 1 aromatic carbocycles. The summed E-state index contributed by atoms with van der Waals surface area (Å²) in [6, 6.07) is 4.97. The van der Waals surface area contributed by atoms with E-state index in [9.17, 15) is 4.39 Å². The molecule has 0 spiro atoms. The van der Waals surface area contributed by atoms with Crippen LogP contribution in [0.1, 0.15) is 24.8 Å². The molecule has 0 aliphatic carbocycles. The van der Waals surface area contributed by atoms with E-state index in [1.807, 2.05) is 6.92 Å². The molecule has 1 aromatic rings. The number of hydrogen-bond acceptors (Lipinski definition) is 2. The Morgan fingerprint density at radius 3 is 2.82 bits per heavy atom. The highest BCUT2D eigenvalue weighted by Gasteiger charge is 2.10. The van der Waals surface area contributed by atoms with Crippen molar-refractivity contribution in [3.8, 4) is 5.75 Å². The fourth-order valence-corrected chi connectivity index (χ4v) is 2.20. The Bertz CT molecular complexity index is 361. The van der Waals surface area contributed by atoms with Crippen LogP contribution in [0.15, 0.2) is 18.2 Å². The van der Waals surface area contributed by atoms with Crippen molar-refractivity contribution in [2.45, 2.75) is 26.2 Å². The largest absolute Gasteiger partial charge is 0.490 e. The van der Waals surface area contributed by atoms with Crippen LogP contribution in [-0.2, 0) is 0 Å². The van der Waals surface area contributed by atoms with E-state index >= 15 is 0 Å². The Morgan fingerprint density at radius 1 is 1.29 bits per heavy atom. The molecule has 0 N–H and O–H groups in total. The van der Waals surface area contributed by atoms with Gasteiger partial charge >= 0.3 is 0 Å². The predicted octanol–water partition coefficient (Wildman–Crippen LogP) is 3.00. The van der Waals surface area contributed by atoms with Crippen molar-refractivity contribution >= 4 is 0 Å². The van der Waals surface area contributed by atoms with Crippen molar-refractivity contribution in [1.82, 2.24) is 4.90 Å². The summed E-state index contributed by atoms with van der Waals surface area (Å²) in [6.07, 6.45) is 3.59. The third kappa shape index (κ3) is 3.70. The zero-order valence-corrected chi connectivity index (χ0v) is 10.4. The minimum absolute atomic E-state index is 0.267. The molecule has 1 aliphatic rings. The number of aryl methyl sites for hydroxylation is 1. The molecule has 0 atom stereocenters. The Labute approximate surface area is 102 Å². The van der Waals surface area contributed by atoms with Crippen molar-refractivity contribution in [1.29, 1.82) is 0 Å². The fourth-order valence-electron chi connectivity index (χ4n) is 2.20. The van der Waals surface area contributed by atoms with E-state index in [1.54, 1.807) is 12.1 Å². The Kier molecular flexibility index (Phi) is 4.37. The summed E-state index contributed by atoms with van der Waals surface area (Å²) in [5.41, 5.74) is 1.03. The molecule has 1 saturated heterocycles. The molecule has 0 amide bonds. The number of rotatable bonds is 5. The summed E-state index contributed by atoms with van der Waals surface area (Å²) in [5, 5.41) is 0. The van der Waals surface area contributed by atoms with Crippen molar-refractivity contribution < 1.29 is 9.13 Å². The zero-order valence-electron chi connectivity index (χ0n) is 10.4. The van der Waals surface area contributed by atoms with E-state index in [1.165, 1.54) is 32.0 Å². The fraction of sp³-hybridized carbons (Fsp3) is 0.571. The van der Waals surface area contributed by atoms with Crippen molar-refractivity contribution in [2.75, 3.05) is 26.2 Å². The smallest absolute Gasteiger partial charge is 0.165 e. The first-order valence-electron chi connectivity index (χ1n) is 6.37. The lowest BCUT2D eigenvalue weighted by Crippen LogP contribution is -2.22. The van der Waals surface area contributed by atoms with Gasteiger partial charge in [0.25, 0.3) is 0 Å². The molecule has 0 saturated carbocycles. The third-order valence-electron chi connectivity index (χ3n) is 3.16. The summed E-state index contributed by atoms with van der Waals surface area (Å²) >= 11 is 0.